The van der Waals surface area contributed by atoms with Crippen molar-refractivity contribution in [2.24, 2.45) is 5.73 Å². The molecule has 60 heavy (non-hydrogen) atoms. The number of rotatable bonds is 16. The highest BCUT2D eigenvalue weighted by Crippen LogP contribution is 2.34. The van der Waals surface area contributed by atoms with Crippen LogP contribution in [-0.2, 0) is 30.4 Å². The summed E-state index contributed by atoms with van der Waals surface area (Å²) in [5.74, 6) is -5.90. The molecule has 1 saturated heterocycles. The predicted molar refractivity (Wildman–Crippen MR) is 211 cm³/mol. The van der Waals surface area contributed by atoms with E-state index in [0.717, 1.165) is 34.6 Å². The Kier molecular flexibility index (Phi) is 13.0. The van der Waals surface area contributed by atoms with E-state index in [1.165, 1.54) is 42.3 Å². The highest BCUT2D eigenvalue weighted by Gasteiger charge is 2.46. The maximum atomic E-state index is 13.2. The molecule has 2 heterocycles. The van der Waals surface area contributed by atoms with Gasteiger partial charge in [-0.05, 0) is 67.1 Å². The van der Waals surface area contributed by atoms with E-state index >= 15 is 0 Å². The number of hydrogen-bond acceptors (Lipinski definition) is 12. The molecular formula is C42H43N7O11. The van der Waals surface area contributed by atoms with Gasteiger partial charge in [-0.15, -0.1) is 0 Å². The van der Waals surface area contributed by atoms with Crippen molar-refractivity contribution in [2.75, 3.05) is 33.3 Å². The first kappa shape index (κ1) is 42.2. The van der Waals surface area contributed by atoms with Crippen molar-refractivity contribution in [3.8, 4) is 11.5 Å². The Balaban J connectivity index is 0.883. The van der Waals surface area contributed by atoms with Crippen LogP contribution in [0.4, 0.5) is 0 Å². The lowest BCUT2D eigenvalue weighted by atomic mass is 10.0. The lowest BCUT2D eigenvalue weighted by molar-refractivity contribution is -0.136. The molecule has 0 radical (unpaired) electrons. The zero-order chi connectivity index (χ0) is 43.1. The second kappa shape index (κ2) is 18.5. The van der Waals surface area contributed by atoms with Crippen molar-refractivity contribution in [1.82, 2.24) is 31.1 Å². The van der Waals surface area contributed by atoms with Crippen LogP contribution < -0.4 is 31.7 Å². The number of phenols is 1. The van der Waals surface area contributed by atoms with E-state index in [0.29, 0.717) is 6.42 Å². The van der Waals surface area contributed by atoms with Gasteiger partial charge in [0.25, 0.3) is 29.5 Å². The van der Waals surface area contributed by atoms with Crippen LogP contribution in [0.1, 0.15) is 90.7 Å². The molecular weight excluding hydrogens is 778 g/mol. The predicted octanol–water partition coefficient (Wildman–Crippen LogP) is 0.786. The molecule has 0 spiro atoms. The number of nitrogens with one attached hydrogen (secondary N) is 4. The second-order valence-corrected chi connectivity index (χ2v) is 14.4. The molecule has 2 aliphatic heterocycles. The molecule has 6 rings (SSSR count). The van der Waals surface area contributed by atoms with Crippen LogP contribution in [-0.4, -0.2) is 107 Å². The van der Waals surface area contributed by atoms with E-state index in [-0.39, 0.29) is 91.0 Å². The molecule has 0 bridgehead atoms. The van der Waals surface area contributed by atoms with Crippen molar-refractivity contribution in [1.29, 1.82) is 0 Å². The Bertz CT molecular complexity index is 2320. The Hall–Kier alpha value is -7.37. The molecule has 18 heteroatoms. The number of aryl methyl sites for hydroxylation is 1. The van der Waals surface area contributed by atoms with Crippen molar-refractivity contribution >= 4 is 53.0 Å². The molecule has 312 valence electrons. The van der Waals surface area contributed by atoms with Gasteiger partial charge in [0.2, 0.25) is 17.7 Å². The Morgan fingerprint density at radius 2 is 1.70 bits per heavy atom. The summed E-state index contributed by atoms with van der Waals surface area (Å²) in [5, 5.41) is 20.8. The quantitative estimate of drug-likeness (QED) is 0.0507. The molecule has 7 N–H and O–H groups in total. The van der Waals surface area contributed by atoms with Crippen LogP contribution in [0, 0.1) is 0 Å². The van der Waals surface area contributed by atoms with Gasteiger partial charge in [-0.3, -0.25) is 53.4 Å². The number of nitrogens with two attached hydrogens (primary N) is 1. The molecule has 1 fully saturated rings. The minimum Gasteiger partial charge on any atom is -0.507 e. The van der Waals surface area contributed by atoms with Crippen LogP contribution in [0.5, 0.6) is 11.5 Å². The van der Waals surface area contributed by atoms with Gasteiger partial charge in [-0.25, -0.2) is 0 Å². The van der Waals surface area contributed by atoms with Crippen LogP contribution in [0.25, 0.3) is 0 Å². The van der Waals surface area contributed by atoms with Crippen molar-refractivity contribution in [3.63, 3.8) is 0 Å². The number of aromatic hydroxyl groups is 1. The maximum Gasteiger partial charge on any atom is 0.267 e. The van der Waals surface area contributed by atoms with E-state index in [1.807, 2.05) is 24.3 Å². The summed E-state index contributed by atoms with van der Waals surface area (Å²) >= 11 is 0. The number of amides is 8. The largest absolute Gasteiger partial charge is 0.507 e. The number of carbonyl (C=O) groups is 9. The Labute approximate surface area is 343 Å². The molecule has 2 unspecified atom stereocenters. The normalized spacial score (nSPS) is 17.0. The molecule has 0 aromatic heterocycles. The second-order valence-electron chi connectivity index (χ2n) is 14.4. The third-order valence-electron chi connectivity index (χ3n) is 10.3. The first-order valence-corrected chi connectivity index (χ1v) is 19.2. The van der Waals surface area contributed by atoms with Gasteiger partial charge in [0, 0.05) is 51.2 Å². The third-order valence-corrected chi connectivity index (χ3v) is 10.3. The van der Waals surface area contributed by atoms with Crippen molar-refractivity contribution in [3.05, 3.63) is 106 Å². The standard InChI is InChI=1S/C42H43N7O11/c1-48(40(57)26-13-11-24(20-32(26)51)31(50)21-28(43)38(55)46-29-14-12-23-6-2-3-7-25(23)29)19-18-45-34(52)10-5-17-44-36(54)22-60-33-9-4-8-27-37(33)42(59)49(41(27)58)30-15-16-35(53)47-39(30)56/h2-4,6-9,11,13,20-21,29-30,51H,5,10,12,14-19,22,43H2,1H3,(H,44,54)(H,45,52)(H,46,55)(H,47,53,56). The number of carbonyl (C=O) groups excluding carboxylic acids is 9. The number of ether oxygens (including phenoxy) is 1. The fourth-order valence-electron chi connectivity index (χ4n) is 7.14. The molecule has 0 saturated carbocycles. The molecule has 1 aliphatic carbocycles. The van der Waals surface area contributed by atoms with E-state index in [2.05, 4.69) is 21.3 Å². The summed E-state index contributed by atoms with van der Waals surface area (Å²) in [6, 6.07) is 14.4. The summed E-state index contributed by atoms with van der Waals surface area (Å²) in [5.41, 5.74) is 7.62. The minimum absolute atomic E-state index is 0.00658. The summed E-state index contributed by atoms with van der Waals surface area (Å²) in [7, 11) is 1.47. The topological polar surface area (TPSA) is 264 Å². The number of allylic oxidation sites excluding steroid dienone is 1. The van der Waals surface area contributed by atoms with Crippen LogP contribution >= 0.6 is 0 Å². The van der Waals surface area contributed by atoms with Gasteiger partial charge in [0.15, 0.2) is 12.4 Å². The third kappa shape index (κ3) is 9.49. The first-order chi connectivity index (χ1) is 28.7. The zero-order valence-corrected chi connectivity index (χ0v) is 32.6. The highest BCUT2D eigenvalue weighted by molar-refractivity contribution is 6.24. The fraction of sp³-hybridized carbons (Fsp3) is 0.310. The van der Waals surface area contributed by atoms with E-state index < -0.39 is 65.5 Å². The van der Waals surface area contributed by atoms with Gasteiger partial charge >= 0.3 is 0 Å². The monoisotopic (exact) mass is 821 g/mol. The Morgan fingerprint density at radius 1 is 0.933 bits per heavy atom. The number of piperidine rings is 1. The lowest BCUT2D eigenvalue weighted by Crippen LogP contribution is -2.54. The number of ketones is 1. The molecule has 2 atom stereocenters. The van der Waals surface area contributed by atoms with Gasteiger partial charge in [0.1, 0.15) is 23.2 Å². The van der Waals surface area contributed by atoms with E-state index in [1.54, 1.807) is 0 Å². The van der Waals surface area contributed by atoms with Gasteiger partial charge in [0.05, 0.1) is 22.7 Å². The van der Waals surface area contributed by atoms with Gasteiger partial charge < -0.3 is 36.4 Å². The van der Waals surface area contributed by atoms with E-state index in [4.69, 9.17) is 10.5 Å². The number of hydrogen-bond donors (Lipinski definition) is 6. The molecule has 3 aliphatic rings. The molecule has 3 aromatic rings. The molecule has 8 amide bonds. The zero-order valence-electron chi connectivity index (χ0n) is 32.6. The average molecular weight is 822 g/mol. The lowest BCUT2D eigenvalue weighted by Gasteiger charge is -2.27. The van der Waals surface area contributed by atoms with Crippen LogP contribution in [0.15, 0.2) is 72.4 Å². The van der Waals surface area contributed by atoms with E-state index in [9.17, 15) is 48.3 Å². The summed E-state index contributed by atoms with van der Waals surface area (Å²) in [6.07, 6.45) is 2.78. The number of phenolic OH excluding ortho intramolecular Hbond substituents is 1. The number of nitrogens with zero attached hydrogens (tertiary/aromatic N) is 2. The van der Waals surface area contributed by atoms with Gasteiger partial charge in [-0.1, -0.05) is 30.3 Å². The molecule has 18 nitrogen and oxygen atoms in total. The fourth-order valence-corrected chi connectivity index (χ4v) is 7.14. The van der Waals surface area contributed by atoms with Crippen LogP contribution in [0.2, 0.25) is 0 Å². The Morgan fingerprint density at radius 3 is 2.47 bits per heavy atom. The minimum atomic E-state index is -1.15. The number of likely N-dealkylation sites (N-methyl/N-ethyl adjacent to an activating group) is 1. The highest BCUT2D eigenvalue weighted by atomic mass is 16.5. The first-order valence-electron chi connectivity index (χ1n) is 19.2. The summed E-state index contributed by atoms with van der Waals surface area (Å²) in [4.78, 5) is 116. The molecule has 3 aromatic carbocycles. The summed E-state index contributed by atoms with van der Waals surface area (Å²) < 4.78 is 5.56. The summed E-state index contributed by atoms with van der Waals surface area (Å²) in [6.45, 7) is -0.217. The van der Waals surface area contributed by atoms with Crippen LogP contribution in [0.3, 0.4) is 0 Å². The SMILES string of the molecule is CN(CCNC(=O)CCCNC(=O)COc1cccc2c1C(=O)N(C1CCC(=O)NC1=O)C2=O)C(=O)c1ccc(C(=O)C=C(N)C(=O)NC2CCc3ccccc32)cc1O. The number of benzene rings is 3. The van der Waals surface area contributed by atoms with Crippen molar-refractivity contribution < 1.29 is 53.0 Å². The average Bonchev–Trinajstić information content (AvgIpc) is 3.75. The number of imide groups is 2. The number of fused-ring (bicyclic) bond motifs is 2. The maximum absolute atomic E-state index is 13.2. The smallest absolute Gasteiger partial charge is 0.267 e. The van der Waals surface area contributed by atoms with Gasteiger partial charge in [-0.2, -0.15) is 0 Å². The van der Waals surface area contributed by atoms with Crippen molar-refractivity contribution in [2.45, 2.75) is 50.6 Å².